The summed E-state index contributed by atoms with van der Waals surface area (Å²) >= 11 is 0. The van der Waals surface area contributed by atoms with Gasteiger partial charge in [0.25, 0.3) is 0 Å². The van der Waals surface area contributed by atoms with E-state index in [-0.39, 0.29) is 5.82 Å². The van der Waals surface area contributed by atoms with E-state index in [1.807, 2.05) is 0 Å². The zero-order chi connectivity index (χ0) is 14.4. The van der Waals surface area contributed by atoms with E-state index in [2.05, 4.69) is 4.98 Å². The van der Waals surface area contributed by atoms with Gasteiger partial charge in [0.2, 0.25) is 0 Å². The molecule has 0 aliphatic rings. The van der Waals surface area contributed by atoms with Crippen molar-refractivity contribution in [3.8, 4) is 11.1 Å². The topological polar surface area (TPSA) is 39.2 Å². The molecule has 0 spiro atoms. The van der Waals surface area contributed by atoms with Gasteiger partial charge in [0.1, 0.15) is 5.82 Å². The monoisotopic (exact) mass is 271 g/mol. The van der Waals surface area contributed by atoms with Crippen molar-refractivity contribution in [2.45, 2.75) is 6.92 Å². The molecule has 102 valence electrons. The molecule has 1 aromatic heterocycles. The van der Waals surface area contributed by atoms with E-state index in [1.165, 1.54) is 18.2 Å². The zero-order valence-electron chi connectivity index (χ0n) is 11.0. The van der Waals surface area contributed by atoms with Crippen LogP contribution in [-0.2, 0) is 9.53 Å². The van der Waals surface area contributed by atoms with Crippen LogP contribution in [0, 0.1) is 5.82 Å². The second-order valence-electron chi connectivity index (χ2n) is 4.06. The summed E-state index contributed by atoms with van der Waals surface area (Å²) in [5.74, 6) is -0.685. The van der Waals surface area contributed by atoms with E-state index < -0.39 is 5.97 Å². The molecule has 0 atom stereocenters. The summed E-state index contributed by atoms with van der Waals surface area (Å²) in [7, 11) is 0. The average molecular weight is 271 g/mol. The van der Waals surface area contributed by atoms with Crippen LogP contribution in [0.5, 0.6) is 0 Å². The number of rotatable bonds is 4. The number of halogens is 1. The van der Waals surface area contributed by atoms with E-state index in [1.54, 1.807) is 43.6 Å². The molecule has 0 saturated carbocycles. The number of carbonyl (C=O) groups excluding carboxylic acids is 1. The molecular weight excluding hydrogens is 257 g/mol. The lowest BCUT2D eigenvalue weighted by atomic mass is 10.0. The van der Waals surface area contributed by atoms with Crippen LogP contribution in [0.15, 0.2) is 48.8 Å². The number of ether oxygens (including phenoxy) is 1. The van der Waals surface area contributed by atoms with Gasteiger partial charge in [0.05, 0.1) is 6.61 Å². The number of carbonyl (C=O) groups is 1. The molecule has 0 amide bonds. The van der Waals surface area contributed by atoms with Gasteiger partial charge in [-0.2, -0.15) is 0 Å². The Balaban J connectivity index is 2.31. The Kier molecular flexibility index (Phi) is 4.60. The maximum absolute atomic E-state index is 13.0. The van der Waals surface area contributed by atoms with Gasteiger partial charge < -0.3 is 4.74 Å². The van der Waals surface area contributed by atoms with E-state index in [4.69, 9.17) is 4.74 Å². The van der Waals surface area contributed by atoms with Crippen molar-refractivity contribution in [1.29, 1.82) is 0 Å². The maximum Gasteiger partial charge on any atom is 0.330 e. The number of nitrogens with zero attached hydrogens (tertiary/aromatic N) is 1. The Bertz CT molecular complexity index is 621. The van der Waals surface area contributed by atoms with Crippen molar-refractivity contribution >= 4 is 12.0 Å². The smallest absolute Gasteiger partial charge is 0.330 e. The SMILES string of the molecule is CCOC(=O)/C=C/c1ccncc1-c1ccc(F)cc1. The summed E-state index contributed by atoms with van der Waals surface area (Å²) in [5, 5.41) is 0. The number of esters is 1. The molecule has 1 aromatic carbocycles. The molecule has 1 heterocycles. The van der Waals surface area contributed by atoms with Gasteiger partial charge in [-0.1, -0.05) is 12.1 Å². The van der Waals surface area contributed by atoms with Gasteiger partial charge in [-0.15, -0.1) is 0 Å². The van der Waals surface area contributed by atoms with Gasteiger partial charge >= 0.3 is 5.97 Å². The van der Waals surface area contributed by atoms with Gasteiger partial charge in [-0.05, 0) is 42.3 Å². The Morgan fingerprint density at radius 2 is 2.05 bits per heavy atom. The lowest BCUT2D eigenvalue weighted by Gasteiger charge is -2.05. The Morgan fingerprint density at radius 3 is 2.75 bits per heavy atom. The molecule has 2 rings (SSSR count). The molecule has 4 heteroatoms. The highest BCUT2D eigenvalue weighted by Gasteiger charge is 2.04. The van der Waals surface area contributed by atoms with Crippen LogP contribution in [0.3, 0.4) is 0 Å². The van der Waals surface area contributed by atoms with E-state index in [0.717, 1.165) is 16.7 Å². The van der Waals surface area contributed by atoms with Crippen LogP contribution in [0.2, 0.25) is 0 Å². The van der Waals surface area contributed by atoms with Gasteiger partial charge in [-0.25, -0.2) is 9.18 Å². The van der Waals surface area contributed by atoms with Crippen LogP contribution < -0.4 is 0 Å². The fraction of sp³-hybridized carbons (Fsp3) is 0.125. The maximum atomic E-state index is 13.0. The fourth-order valence-electron chi connectivity index (χ4n) is 1.77. The largest absolute Gasteiger partial charge is 0.463 e. The number of pyridine rings is 1. The minimum Gasteiger partial charge on any atom is -0.463 e. The van der Waals surface area contributed by atoms with Crippen LogP contribution in [-0.4, -0.2) is 17.6 Å². The first kappa shape index (κ1) is 13.9. The molecular formula is C16H14FNO2. The van der Waals surface area contributed by atoms with E-state index >= 15 is 0 Å². The first-order valence-corrected chi connectivity index (χ1v) is 6.25. The van der Waals surface area contributed by atoms with Crippen molar-refractivity contribution in [2.24, 2.45) is 0 Å². The Labute approximate surface area is 116 Å². The summed E-state index contributed by atoms with van der Waals surface area (Å²) < 4.78 is 17.8. The van der Waals surface area contributed by atoms with Crippen molar-refractivity contribution < 1.29 is 13.9 Å². The molecule has 0 aliphatic heterocycles. The highest BCUT2D eigenvalue weighted by Crippen LogP contribution is 2.23. The predicted molar refractivity (Wildman–Crippen MR) is 75.3 cm³/mol. The van der Waals surface area contributed by atoms with E-state index in [9.17, 15) is 9.18 Å². The summed E-state index contributed by atoms with van der Waals surface area (Å²) in [5.41, 5.74) is 2.48. The molecule has 0 bridgehead atoms. The number of hydrogen-bond acceptors (Lipinski definition) is 3. The van der Waals surface area contributed by atoms with Crippen molar-refractivity contribution in [3.05, 3.63) is 60.2 Å². The van der Waals surface area contributed by atoms with Crippen LogP contribution >= 0.6 is 0 Å². The predicted octanol–water partition coefficient (Wildman–Crippen LogP) is 3.46. The minimum atomic E-state index is -0.394. The van der Waals surface area contributed by atoms with Gasteiger partial charge in [0, 0.05) is 24.0 Å². The molecule has 0 aliphatic carbocycles. The number of benzene rings is 1. The summed E-state index contributed by atoms with van der Waals surface area (Å²) in [6.45, 7) is 2.09. The highest BCUT2D eigenvalue weighted by atomic mass is 19.1. The van der Waals surface area contributed by atoms with Crippen molar-refractivity contribution in [1.82, 2.24) is 4.98 Å². The van der Waals surface area contributed by atoms with Crippen LogP contribution in [0.4, 0.5) is 4.39 Å². The van der Waals surface area contributed by atoms with Gasteiger partial charge in [-0.3, -0.25) is 4.98 Å². The van der Waals surface area contributed by atoms with Crippen molar-refractivity contribution in [3.63, 3.8) is 0 Å². The highest BCUT2D eigenvalue weighted by molar-refractivity contribution is 5.89. The molecule has 20 heavy (non-hydrogen) atoms. The standard InChI is InChI=1S/C16H14FNO2/c1-2-20-16(19)8-5-13-9-10-18-11-15(13)12-3-6-14(17)7-4-12/h3-11H,2H2,1H3/b8-5+. The molecule has 3 nitrogen and oxygen atoms in total. The first-order valence-electron chi connectivity index (χ1n) is 6.25. The third-order valence-corrected chi connectivity index (χ3v) is 2.70. The summed E-state index contributed by atoms with van der Waals surface area (Å²) in [6, 6.07) is 7.92. The molecule has 0 radical (unpaired) electrons. The third kappa shape index (κ3) is 3.51. The molecule has 2 aromatic rings. The second-order valence-corrected chi connectivity index (χ2v) is 4.06. The molecule has 0 saturated heterocycles. The fourth-order valence-corrected chi connectivity index (χ4v) is 1.77. The number of hydrogen-bond donors (Lipinski definition) is 0. The summed E-state index contributed by atoms with van der Waals surface area (Å²) in [6.07, 6.45) is 6.35. The Hall–Kier alpha value is -2.49. The molecule has 0 unspecified atom stereocenters. The molecule has 0 fully saturated rings. The normalized spacial score (nSPS) is 10.7. The van der Waals surface area contributed by atoms with Crippen LogP contribution in [0.1, 0.15) is 12.5 Å². The molecule has 0 N–H and O–H groups in total. The van der Waals surface area contributed by atoms with Gasteiger partial charge in [0.15, 0.2) is 0 Å². The second kappa shape index (κ2) is 6.61. The lowest BCUT2D eigenvalue weighted by molar-refractivity contribution is -0.137. The average Bonchev–Trinajstić information content (AvgIpc) is 2.47. The lowest BCUT2D eigenvalue weighted by Crippen LogP contribution is -1.98. The Morgan fingerprint density at radius 1 is 1.30 bits per heavy atom. The van der Waals surface area contributed by atoms with E-state index in [0.29, 0.717) is 6.61 Å². The first-order chi connectivity index (χ1) is 9.70. The van der Waals surface area contributed by atoms with Crippen molar-refractivity contribution in [2.75, 3.05) is 6.61 Å². The summed E-state index contributed by atoms with van der Waals surface area (Å²) in [4.78, 5) is 15.4. The quantitative estimate of drug-likeness (QED) is 0.631. The number of aromatic nitrogens is 1. The van der Waals surface area contributed by atoms with Crippen LogP contribution in [0.25, 0.3) is 17.2 Å². The minimum absolute atomic E-state index is 0.291. The third-order valence-electron chi connectivity index (χ3n) is 2.70. The zero-order valence-corrected chi connectivity index (χ0v) is 11.0.